The van der Waals surface area contributed by atoms with E-state index in [1.807, 2.05) is 60.5 Å². The summed E-state index contributed by atoms with van der Waals surface area (Å²) in [5, 5.41) is 19.1. The third-order valence-electron chi connectivity index (χ3n) is 5.39. The number of aromatic amines is 1. The maximum Gasteiger partial charge on any atom is 0.114 e. The lowest BCUT2D eigenvalue weighted by atomic mass is 10.0. The summed E-state index contributed by atoms with van der Waals surface area (Å²) in [6.07, 6.45) is 5.60. The predicted octanol–water partition coefficient (Wildman–Crippen LogP) is 3.31. The molecule has 0 spiro atoms. The SMILES string of the molecule is CNCCn1cc(-c2cnc3ccc(-c4c[nH]nc4-c4cccc(COC)c4)nc3c2)nn1. The molecule has 4 aromatic heterocycles. The fraction of sp³-hybridized carbons (Fsp3) is 0.208. The first-order valence-corrected chi connectivity index (χ1v) is 10.7. The molecule has 166 valence electrons. The van der Waals surface area contributed by atoms with Gasteiger partial charge in [0.25, 0.3) is 0 Å². The molecule has 0 atom stereocenters. The number of H-pyrrole nitrogens is 1. The van der Waals surface area contributed by atoms with Crippen LogP contribution in [0.25, 0.3) is 44.8 Å². The van der Waals surface area contributed by atoms with Gasteiger partial charge in [-0.1, -0.05) is 23.4 Å². The first kappa shape index (κ1) is 20.9. The number of hydrogen-bond donors (Lipinski definition) is 2. The average molecular weight is 441 g/mol. The number of hydrogen-bond acceptors (Lipinski definition) is 7. The third kappa shape index (κ3) is 4.36. The molecule has 9 heteroatoms. The zero-order valence-electron chi connectivity index (χ0n) is 18.5. The van der Waals surface area contributed by atoms with Crippen molar-refractivity contribution in [3.8, 4) is 33.8 Å². The quantitative estimate of drug-likeness (QED) is 0.381. The molecule has 0 radical (unpaired) electrons. The highest BCUT2D eigenvalue weighted by Gasteiger charge is 2.14. The Kier molecular flexibility index (Phi) is 5.88. The van der Waals surface area contributed by atoms with Gasteiger partial charge in [-0.25, -0.2) is 4.98 Å². The van der Waals surface area contributed by atoms with Crippen molar-refractivity contribution in [2.75, 3.05) is 20.7 Å². The fourth-order valence-corrected chi connectivity index (χ4v) is 3.74. The molecule has 33 heavy (non-hydrogen) atoms. The molecular weight excluding hydrogens is 416 g/mol. The molecule has 0 saturated carbocycles. The second-order valence-electron chi connectivity index (χ2n) is 7.71. The van der Waals surface area contributed by atoms with Crippen molar-refractivity contribution in [1.29, 1.82) is 0 Å². The van der Waals surface area contributed by atoms with Crippen molar-refractivity contribution in [3.63, 3.8) is 0 Å². The summed E-state index contributed by atoms with van der Waals surface area (Å²) in [4.78, 5) is 9.47. The molecule has 2 N–H and O–H groups in total. The fourth-order valence-electron chi connectivity index (χ4n) is 3.74. The number of ether oxygens (including phenoxy) is 1. The van der Waals surface area contributed by atoms with Gasteiger partial charge in [-0.05, 0) is 36.9 Å². The molecule has 0 aliphatic heterocycles. The van der Waals surface area contributed by atoms with Gasteiger partial charge in [-0.2, -0.15) is 5.10 Å². The van der Waals surface area contributed by atoms with Crippen molar-refractivity contribution >= 4 is 11.0 Å². The summed E-state index contributed by atoms with van der Waals surface area (Å²) in [5.74, 6) is 0. The minimum atomic E-state index is 0.551. The van der Waals surface area contributed by atoms with E-state index in [4.69, 9.17) is 9.72 Å². The van der Waals surface area contributed by atoms with Gasteiger partial charge < -0.3 is 10.1 Å². The Morgan fingerprint density at radius 3 is 2.88 bits per heavy atom. The first-order valence-electron chi connectivity index (χ1n) is 10.7. The molecule has 0 unspecified atom stereocenters. The number of benzene rings is 1. The number of rotatable bonds is 8. The van der Waals surface area contributed by atoms with Gasteiger partial charge in [0.2, 0.25) is 0 Å². The molecular formula is C24H24N8O. The maximum absolute atomic E-state index is 5.27. The lowest BCUT2D eigenvalue weighted by Crippen LogP contribution is -2.15. The van der Waals surface area contributed by atoms with Gasteiger partial charge in [-0.3, -0.25) is 14.8 Å². The number of likely N-dealkylation sites (N-methyl/N-ethyl adjacent to an activating group) is 1. The topological polar surface area (TPSA) is 106 Å². The molecule has 0 aliphatic carbocycles. The van der Waals surface area contributed by atoms with E-state index < -0.39 is 0 Å². The van der Waals surface area contributed by atoms with Gasteiger partial charge in [-0.15, -0.1) is 5.10 Å². The molecule has 4 heterocycles. The Hall–Kier alpha value is -3.95. The van der Waals surface area contributed by atoms with E-state index >= 15 is 0 Å². The van der Waals surface area contributed by atoms with Crippen LogP contribution in [0.3, 0.4) is 0 Å². The van der Waals surface area contributed by atoms with Crippen LogP contribution in [0.4, 0.5) is 0 Å². The number of methoxy groups -OCH3 is 1. The molecule has 0 amide bonds. The Balaban J connectivity index is 1.50. The van der Waals surface area contributed by atoms with Gasteiger partial charge in [0.1, 0.15) is 11.4 Å². The van der Waals surface area contributed by atoms with Crippen LogP contribution in [0.2, 0.25) is 0 Å². The van der Waals surface area contributed by atoms with E-state index in [1.54, 1.807) is 13.3 Å². The van der Waals surface area contributed by atoms with Gasteiger partial charge >= 0.3 is 0 Å². The summed E-state index contributed by atoms with van der Waals surface area (Å²) < 4.78 is 7.08. The lowest BCUT2D eigenvalue weighted by Gasteiger charge is -2.06. The number of pyridine rings is 2. The van der Waals surface area contributed by atoms with Gasteiger partial charge in [0.05, 0.1) is 36.1 Å². The minimum Gasteiger partial charge on any atom is -0.380 e. The van der Waals surface area contributed by atoms with E-state index in [0.717, 1.165) is 63.5 Å². The van der Waals surface area contributed by atoms with Gasteiger partial charge in [0.15, 0.2) is 0 Å². The van der Waals surface area contributed by atoms with Crippen LogP contribution in [0.1, 0.15) is 5.56 Å². The number of nitrogens with zero attached hydrogens (tertiary/aromatic N) is 6. The van der Waals surface area contributed by atoms with Crippen LogP contribution in [-0.2, 0) is 17.9 Å². The maximum atomic E-state index is 5.27. The van der Waals surface area contributed by atoms with Crippen LogP contribution in [0.5, 0.6) is 0 Å². The Bertz CT molecular complexity index is 1390. The standard InChI is InChI=1S/C24H24N8O/c1-25-8-9-32-14-23(29-31-32)18-11-22-21(26-12-18)7-6-20(28-22)19-13-27-30-24(19)17-5-3-4-16(10-17)15-33-2/h3-7,10-14,25H,8-9,15H2,1-2H3,(H,27,30). The zero-order chi connectivity index (χ0) is 22.6. The summed E-state index contributed by atoms with van der Waals surface area (Å²) in [6.45, 7) is 2.13. The molecule has 5 aromatic rings. The zero-order valence-corrected chi connectivity index (χ0v) is 18.5. The monoisotopic (exact) mass is 440 g/mol. The largest absolute Gasteiger partial charge is 0.380 e. The van der Waals surface area contributed by atoms with Crippen molar-refractivity contribution in [1.82, 2.24) is 40.5 Å². The lowest BCUT2D eigenvalue weighted by molar-refractivity contribution is 0.185. The Morgan fingerprint density at radius 1 is 1.06 bits per heavy atom. The van der Waals surface area contributed by atoms with Crippen LogP contribution < -0.4 is 5.32 Å². The number of fused-ring (bicyclic) bond motifs is 1. The number of nitrogens with one attached hydrogen (secondary N) is 2. The molecule has 0 aliphatic rings. The first-order chi connectivity index (χ1) is 16.2. The molecule has 0 saturated heterocycles. The second kappa shape index (κ2) is 9.27. The summed E-state index contributed by atoms with van der Waals surface area (Å²) >= 11 is 0. The Labute approximate surface area is 190 Å². The summed E-state index contributed by atoms with van der Waals surface area (Å²) in [5.41, 5.74) is 7.94. The highest BCUT2D eigenvalue weighted by Crippen LogP contribution is 2.31. The van der Waals surface area contributed by atoms with E-state index in [9.17, 15) is 0 Å². The van der Waals surface area contributed by atoms with Crippen molar-refractivity contribution in [3.05, 3.63) is 66.6 Å². The molecule has 5 rings (SSSR count). The second-order valence-corrected chi connectivity index (χ2v) is 7.71. The minimum absolute atomic E-state index is 0.551. The normalized spacial score (nSPS) is 11.3. The summed E-state index contributed by atoms with van der Waals surface area (Å²) in [6, 6.07) is 14.1. The highest BCUT2D eigenvalue weighted by molar-refractivity contribution is 5.85. The molecule has 0 bridgehead atoms. The molecule has 1 aromatic carbocycles. The van der Waals surface area contributed by atoms with Crippen LogP contribution in [0, 0.1) is 0 Å². The third-order valence-corrected chi connectivity index (χ3v) is 5.39. The van der Waals surface area contributed by atoms with Crippen LogP contribution >= 0.6 is 0 Å². The average Bonchev–Trinajstić information content (AvgIpc) is 3.53. The van der Waals surface area contributed by atoms with Crippen LogP contribution in [0.15, 0.2) is 61.1 Å². The van der Waals surface area contributed by atoms with Crippen molar-refractivity contribution < 1.29 is 4.74 Å². The summed E-state index contributed by atoms with van der Waals surface area (Å²) in [7, 11) is 3.60. The van der Waals surface area contributed by atoms with E-state index in [2.05, 4.69) is 36.9 Å². The number of aromatic nitrogens is 7. The van der Waals surface area contributed by atoms with E-state index in [-0.39, 0.29) is 0 Å². The van der Waals surface area contributed by atoms with Crippen molar-refractivity contribution in [2.45, 2.75) is 13.2 Å². The smallest absolute Gasteiger partial charge is 0.114 e. The van der Waals surface area contributed by atoms with E-state index in [0.29, 0.717) is 6.61 Å². The molecule has 9 nitrogen and oxygen atoms in total. The van der Waals surface area contributed by atoms with E-state index in [1.165, 1.54) is 0 Å². The Morgan fingerprint density at radius 2 is 2.00 bits per heavy atom. The predicted molar refractivity (Wildman–Crippen MR) is 126 cm³/mol. The van der Waals surface area contributed by atoms with Gasteiger partial charge in [0, 0.05) is 42.7 Å². The van der Waals surface area contributed by atoms with Crippen LogP contribution in [-0.4, -0.2) is 55.9 Å². The highest BCUT2D eigenvalue weighted by atomic mass is 16.5. The molecule has 0 fully saturated rings. The van der Waals surface area contributed by atoms with Crippen molar-refractivity contribution in [2.24, 2.45) is 0 Å².